The Kier molecular flexibility index (Phi) is 7.05. The van der Waals surface area contributed by atoms with Gasteiger partial charge in [-0.25, -0.2) is 0 Å². The second-order valence-electron chi connectivity index (χ2n) is 5.13. The van der Waals surface area contributed by atoms with Gasteiger partial charge in [0.05, 0.1) is 13.2 Å². The highest BCUT2D eigenvalue weighted by molar-refractivity contribution is 5.79. The first-order valence-electron chi connectivity index (χ1n) is 6.80. The standard InChI is InChI=1S/C13H28N4O/c1-15(2)13(16(3)4)14-7-5-6-8-17-9-11-18-12-10-17/h5-12H2,1-4H3. The average molecular weight is 256 g/mol. The SMILES string of the molecule is CN(C)C(=NCCCCN1CCOCC1)N(C)C. The van der Waals surface area contributed by atoms with Crippen molar-refractivity contribution in [3.05, 3.63) is 0 Å². The number of unbranched alkanes of at least 4 members (excludes halogenated alkanes) is 1. The van der Waals surface area contributed by atoms with Gasteiger partial charge in [0.15, 0.2) is 5.96 Å². The lowest BCUT2D eigenvalue weighted by atomic mass is 10.3. The van der Waals surface area contributed by atoms with Gasteiger partial charge in [0.2, 0.25) is 0 Å². The van der Waals surface area contributed by atoms with Gasteiger partial charge >= 0.3 is 0 Å². The number of rotatable bonds is 5. The van der Waals surface area contributed by atoms with E-state index in [-0.39, 0.29) is 0 Å². The fraction of sp³-hybridized carbons (Fsp3) is 0.923. The third kappa shape index (κ3) is 5.69. The molecule has 0 aliphatic carbocycles. The summed E-state index contributed by atoms with van der Waals surface area (Å²) in [5.74, 6) is 1.04. The minimum Gasteiger partial charge on any atom is -0.379 e. The van der Waals surface area contributed by atoms with Crippen molar-refractivity contribution in [3.63, 3.8) is 0 Å². The van der Waals surface area contributed by atoms with Gasteiger partial charge in [0.25, 0.3) is 0 Å². The van der Waals surface area contributed by atoms with Crippen LogP contribution >= 0.6 is 0 Å². The van der Waals surface area contributed by atoms with Crippen LogP contribution in [0.3, 0.4) is 0 Å². The molecule has 0 aromatic carbocycles. The van der Waals surface area contributed by atoms with Crippen molar-refractivity contribution in [2.24, 2.45) is 4.99 Å². The molecule has 0 atom stereocenters. The Hall–Kier alpha value is -0.810. The molecule has 0 amide bonds. The van der Waals surface area contributed by atoms with Crippen molar-refractivity contribution >= 4 is 5.96 Å². The summed E-state index contributed by atoms with van der Waals surface area (Å²) in [4.78, 5) is 11.2. The molecule has 0 N–H and O–H groups in total. The summed E-state index contributed by atoms with van der Waals surface area (Å²) < 4.78 is 5.34. The van der Waals surface area contributed by atoms with Gasteiger partial charge in [-0.15, -0.1) is 0 Å². The first-order valence-corrected chi connectivity index (χ1v) is 6.80. The van der Waals surface area contributed by atoms with Gasteiger partial charge < -0.3 is 14.5 Å². The number of aliphatic imine (C=N–C) groups is 1. The smallest absolute Gasteiger partial charge is 0.195 e. The number of hydrogen-bond acceptors (Lipinski definition) is 3. The van der Waals surface area contributed by atoms with Gasteiger partial charge in [-0.1, -0.05) is 0 Å². The zero-order valence-electron chi connectivity index (χ0n) is 12.4. The molecule has 0 saturated carbocycles. The van der Waals surface area contributed by atoms with Crippen LogP contribution in [0.2, 0.25) is 0 Å². The van der Waals surface area contributed by atoms with Crippen molar-refractivity contribution < 1.29 is 4.74 Å². The molecule has 1 saturated heterocycles. The quantitative estimate of drug-likeness (QED) is 0.409. The molecule has 0 bridgehead atoms. The van der Waals surface area contributed by atoms with Crippen LogP contribution in [0.25, 0.3) is 0 Å². The van der Waals surface area contributed by atoms with Crippen LogP contribution in [0.5, 0.6) is 0 Å². The number of ether oxygens (including phenoxy) is 1. The third-order valence-electron chi connectivity index (χ3n) is 3.04. The number of nitrogens with zero attached hydrogens (tertiary/aromatic N) is 4. The second-order valence-corrected chi connectivity index (χ2v) is 5.13. The van der Waals surface area contributed by atoms with E-state index in [2.05, 4.69) is 19.7 Å². The minimum atomic E-state index is 0.892. The van der Waals surface area contributed by atoms with Crippen molar-refractivity contribution in [2.45, 2.75) is 12.8 Å². The Morgan fingerprint density at radius 3 is 2.22 bits per heavy atom. The fourth-order valence-electron chi connectivity index (χ4n) is 2.13. The molecule has 1 aliphatic heterocycles. The molecule has 0 aromatic rings. The van der Waals surface area contributed by atoms with E-state index in [1.165, 1.54) is 13.0 Å². The van der Waals surface area contributed by atoms with Gasteiger partial charge in [-0.05, 0) is 19.4 Å². The normalized spacial score (nSPS) is 16.4. The van der Waals surface area contributed by atoms with E-state index in [4.69, 9.17) is 4.74 Å². The summed E-state index contributed by atoms with van der Waals surface area (Å²) >= 11 is 0. The van der Waals surface area contributed by atoms with E-state index >= 15 is 0 Å². The Bertz CT molecular complexity index is 237. The van der Waals surface area contributed by atoms with E-state index < -0.39 is 0 Å². The first kappa shape index (κ1) is 15.2. The number of guanidine groups is 1. The molecule has 0 aromatic heterocycles. The summed E-state index contributed by atoms with van der Waals surface area (Å²) in [6, 6.07) is 0. The molecule has 1 heterocycles. The molecule has 5 heteroatoms. The van der Waals surface area contributed by atoms with E-state index in [1.54, 1.807) is 0 Å². The lowest BCUT2D eigenvalue weighted by Crippen LogP contribution is -2.37. The molecule has 106 valence electrons. The molecule has 0 radical (unpaired) electrons. The Morgan fingerprint density at radius 1 is 1.06 bits per heavy atom. The molecule has 1 fully saturated rings. The monoisotopic (exact) mass is 256 g/mol. The zero-order valence-corrected chi connectivity index (χ0v) is 12.4. The number of hydrogen-bond donors (Lipinski definition) is 0. The Labute approximate surface area is 111 Å². The van der Waals surface area contributed by atoms with Crippen LogP contribution in [0, 0.1) is 0 Å². The van der Waals surface area contributed by atoms with E-state index in [0.717, 1.165) is 45.2 Å². The zero-order chi connectivity index (χ0) is 13.4. The predicted molar refractivity (Wildman–Crippen MR) is 76.2 cm³/mol. The second kappa shape index (κ2) is 8.32. The van der Waals surface area contributed by atoms with Crippen LogP contribution in [0.15, 0.2) is 4.99 Å². The topological polar surface area (TPSA) is 31.3 Å². The molecule has 1 aliphatic rings. The molecule has 0 unspecified atom stereocenters. The maximum absolute atomic E-state index is 5.34. The average Bonchev–Trinajstić information content (AvgIpc) is 2.34. The lowest BCUT2D eigenvalue weighted by Gasteiger charge is -2.26. The predicted octanol–water partition coefficient (Wildman–Crippen LogP) is 0.578. The third-order valence-corrected chi connectivity index (χ3v) is 3.04. The summed E-state index contributed by atoms with van der Waals surface area (Å²) in [7, 11) is 8.14. The van der Waals surface area contributed by atoms with Crippen molar-refractivity contribution in [2.75, 3.05) is 67.6 Å². The van der Waals surface area contributed by atoms with Crippen molar-refractivity contribution in [1.82, 2.24) is 14.7 Å². The minimum absolute atomic E-state index is 0.892. The van der Waals surface area contributed by atoms with E-state index in [1.807, 2.05) is 28.2 Å². The van der Waals surface area contributed by atoms with E-state index in [0.29, 0.717) is 0 Å². The Morgan fingerprint density at radius 2 is 1.67 bits per heavy atom. The molecule has 1 rings (SSSR count). The lowest BCUT2D eigenvalue weighted by molar-refractivity contribution is 0.0373. The van der Waals surface area contributed by atoms with Crippen molar-refractivity contribution in [1.29, 1.82) is 0 Å². The van der Waals surface area contributed by atoms with Gasteiger partial charge in [-0.2, -0.15) is 0 Å². The molecule has 5 nitrogen and oxygen atoms in total. The molecular formula is C13H28N4O. The van der Waals surface area contributed by atoms with Crippen LogP contribution in [0.4, 0.5) is 0 Å². The summed E-state index contributed by atoms with van der Waals surface area (Å²) in [5, 5.41) is 0. The van der Waals surface area contributed by atoms with Gasteiger partial charge in [0, 0.05) is 47.8 Å². The molecule has 18 heavy (non-hydrogen) atoms. The van der Waals surface area contributed by atoms with Crippen LogP contribution < -0.4 is 0 Å². The molecule has 0 spiro atoms. The van der Waals surface area contributed by atoms with Crippen LogP contribution in [0.1, 0.15) is 12.8 Å². The summed E-state index contributed by atoms with van der Waals surface area (Å²) in [6.07, 6.45) is 2.38. The van der Waals surface area contributed by atoms with Gasteiger partial charge in [-0.3, -0.25) is 9.89 Å². The highest BCUT2D eigenvalue weighted by atomic mass is 16.5. The molecular weight excluding hydrogens is 228 g/mol. The maximum Gasteiger partial charge on any atom is 0.195 e. The maximum atomic E-state index is 5.34. The van der Waals surface area contributed by atoms with Gasteiger partial charge in [0.1, 0.15) is 0 Å². The van der Waals surface area contributed by atoms with E-state index in [9.17, 15) is 0 Å². The summed E-state index contributed by atoms with van der Waals surface area (Å²) in [5.41, 5.74) is 0. The largest absolute Gasteiger partial charge is 0.379 e. The highest BCUT2D eigenvalue weighted by Crippen LogP contribution is 2.00. The number of morpholine rings is 1. The fourth-order valence-corrected chi connectivity index (χ4v) is 2.13. The first-order chi connectivity index (χ1) is 8.61. The van der Waals surface area contributed by atoms with Crippen LogP contribution in [-0.4, -0.2) is 88.2 Å². The highest BCUT2D eigenvalue weighted by Gasteiger charge is 2.09. The Balaban J connectivity index is 2.14. The summed E-state index contributed by atoms with van der Waals surface area (Å²) in [6.45, 7) is 6.05. The van der Waals surface area contributed by atoms with Crippen molar-refractivity contribution in [3.8, 4) is 0 Å². The van der Waals surface area contributed by atoms with Crippen LogP contribution in [-0.2, 0) is 4.74 Å².